The van der Waals surface area contributed by atoms with Gasteiger partial charge in [-0.25, -0.2) is 9.37 Å². The molecule has 1 aliphatic rings. The lowest BCUT2D eigenvalue weighted by Gasteiger charge is -2.10. The highest BCUT2D eigenvalue weighted by atomic mass is 35.5. The van der Waals surface area contributed by atoms with E-state index in [-0.39, 0.29) is 16.7 Å². The molecular weight excluding hydrogens is 340 g/mol. The summed E-state index contributed by atoms with van der Waals surface area (Å²) in [5, 5.41) is 2.95. The van der Waals surface area contributed by atoms with Crippen LogP contribution in [0.15, 0.2) is 18.5 Å². The van der Waals surface area contributed by atoms with Crippen molar-refractivity contribution in [1.82, 2.24) is 19.5 Å². The van der Waals surface area contributed by atoms with Crippen molar-refractivity contribution in [2.45, 2.75) is 18.9 Å². The summed E-state index contributed by atoms with van der Waals surface area (Å²) in [6.07, 6.45) is 3.82. The van der Waals surface area contributed by atoms with Crippen LogP contribution in [-0.2, 0) is 0 Å². The first-order valence-corrected chi connectivity index (χ1v) is 7.64. The van der Waals surface area contributed by atoms with E-state index in [0.717, 1.165) is 18.9 Å². The highest BCUT2D eigenvalue weighted by Gasteiger charge is 2.27. The third-order valence-corrected chi connectivity index (χ3v) is 3.98. The Hall–Kier alpha value is -2.48. The van der Waals surface area contributed by atoms with Crippen LogP contribution < -0.4 is 10.1 Å². The normalized spacial score (nSPS) is 14.2. The van der Waals surface area contributed by atoms with Crippen molar-refractivity contribution in [2.24, 2.45) is 0 Å². The maximum Gasteiger partial charge on any atom is 0.226 e. The Balaban J connectivity index is 1.78. The fourth-order valence-electron chi connectivity index (χ4n) is 2.52. The fourth-order valence-corrected chi connectivity index (χ4v) is 2.68. The second kappa shape index (κ2) is 5.55. The predicted octanol–water partition coefficient (Wildman–Crippen LogP) is 3.85. The Morgan fingerprint density at radius 2 is 2.08 bits per heavy atom. The Morgan fingerprint density at radius 3 is 2.79 bits per heavy atom. The zero-order chi connectivity index (χ0) is 16.8. The maximum absolute atomic E-state index is 13.7. The van der Waals surface area contributed by atoms with Crippen molar-refractivity contribution >= 4 is 34.3 Å². The van der Waals surface area contributed by atoms with Crippen LogP contribution in [0.2, 0.25) is 5.28 Å². The van der Waals surface area contributed by atoms with E-state index in [4.69, 9.17) is 16.3 Å². The summed E-state index contributed by atoms with van der Waals surface area (Å²) < 4.78 is 34.0. The molecule has 4 rings (SSSR count). The minimum absolute atomic E-state index is 0.0435. The molecule has 1 aromatic carbocycles. The molecular formula is C15H12ClF2N5O. The lowest BCUT2D eigenvalue weighted by molar-refractivity contribution is 0.372. The SMILES string of the molecule is COc1cc(Nc2nc(Cl)nc3c2ncn3C2CC2)cc(F)c1F. The molecule has 1 saturated carbocycles. The fraction of sp³-hybridized carbons (Fsp3) is 0.267. The molecule has 1 aliphatic carbocycles. The Kier molecular flexibility index (Phi) is 3.49. The molecule has 0 saturated heterocycles. The van der Waals surface area contributed by atoms with Crippen molar-refractivity contribution in [1.29, 1.82) is 0 Å². The maximum atomic E-state index is 13.7. The average molecular weight is 352 g/mol. The summed E-state index contributed by atoms with van der Waals surface area (Å²) in [7, 11) is 1.26. The Labute approximate surface area is 140 Å². The van der Waals surface area contributed by atoms with Crippen LogP contribution in [0.4, 0.5) is 20.3 Å². The Bertz CT molecular complexity index is 941. The third-order valence-electron chi connectivity index (χ3n) is 3.81. The number of fused-ring (bicyclic) bond motifs is 1. The van der Waals surface area contributed by atoms with Gasteiger partial charge in [-0.05, 0) is 24.4 Å². The van der Waals surface area contributed by atoms with Crippen LogP contribution in [0.3, 0.4) is 0 Å². The van der Waals surface area contributed by atoms with Crippen LogP contribution in [0.1, 0.15) is 18.9 Å². The number of halogens is 3. The number of ether oxygens (including phenoxy) is 1. The zero-order valence-corrected chi connectivity index (χ0v) is 13.3. The molecule has 3 aromatic rings. The van der Waals surface area contributed by atoms with E-state index < -0.39 is 11.6 Å². The number of nitrogens with zero attached hydrogens (tertiary/aromatic N) is 4. The average Bonchev–Trinajstić information content (AvgIpc) is 3.30. The second-order valence-electron chi connectivity index (χ2n) is 5.50. The van der Waals surface area contributed by atoms with Gasteiger partial charge >= 0.3 is 0 Å². The van der Waals surface area contributed by atoms with Gasteiger partial charge in [0.1, 0.15) is 0 Å². The van der Waals surface area contributed by atoms with Crippen LogP contribution >= 0.6 is 11.6 Å². The zero-order valence-electron chi connectivity index (χ0n) is 12.6. The first-order chi connectivity index (χ1) is 11.6. The molecule has 0 bridgehead atoms. The summed E-state index contributed by atoms with van der Waals surface area (Å²) in [4.78, 5) is 12.6. The quantitative estimate of drug-likeness (QED) is 0.723. The summed E-state index contributed by atoms with van der Waals surface area (Å²) in [5.41, 5.74) is 1.38. The molecule has 0 unspecified atom stereocenters. The number of benzene rings is 1. The van der Waals surface area contributed by atoms with Crippen molar-refractivity contribution in [3.05, 3.63) is 35.4 Å². The van der Waals surface area contributed by atoms with Gasteiger partial charge in [0.05, 0.1) is 13.4 Å². The van der Waals surface area contributed by atoms with Crippen molar-refractivity contribution in [3.63, 3.8) is 0 Å². The van der Waals surface area contributed by atoms with Gasteiger partial charge in [-0.1, -0.05) is 0 Å². The lowest BCUT2D eigenvalue weighted by Crippen LogP contribution is -2.01. The molecule has 0 radical (unpaired) electrons. The van der Waals surface area contributed by atoms with E-state index in [1.807, 2.05) is 4.57 Å². The van der Waals surface area contributed by atoms with Gasteiger partial charge in [0.15, 0.2) is 28.5 Å². The van der Waals surface area contributed by atoms with E-state index >= 15 is 0 Å². The Morgan fingerprint density at radius 1 is 1.29 bits per heavy atom. The first-order valence-electron chi connectivity index (χ1n) is 7.27. The predicted molar refractivity (Wildman–Crippen MR) is 84.8 cm³/mol. The summed E-state index contributed by atoms with van der Waals surface area (Å²) in [6.45, 7) is 0. The van der Waals surface area contributed by atoms with Gasteiger partial charge < -0.3 is 14.6 Å². The first kappa shape index (κ1) is 15.1. The third kappa shape index (κ3) is 2.52. The summed E-state index contributed by atoms with van der Waals surface area (Å²) >= 11 is 6.00. The number of nitrogens with one attached hydrogen (secondary N) is 1. The lowest BCUT2D eigenvalue weighted by atomic mass is 10.2. The minimum Gasteiger partial charge on any atom is -0.493 e. The van der Waals surface area contributed by atoms with Crippen LogP contribution in [0, 0.1) is 11.6 Å². The number of imidazole rings is 1. The molecule has 24 heavy (non-hydrogen) atoms. The number of aromatic nitrogens is 4. The molecule has 1 fully saturated rings. The summed E-state index contributed by atoms with van der Waals surface area (Å²) in [6, 6.07) is 2.72. The summed E-state index contributed by atoms with van der Waals surface area (Å²) in [5.74, 6) is -1.97. The number of hydrogen-bond acceptors (Lipinski definition) is 5. The highest BCUT2D eigenvalue weighted by molar-refractivity contribution is 6.28. The molecule has 0 amide bonds. The van der Waals surface area contributed by atoms with Crippen molar-refractivity contribution < 1.29 is 13.5 Å². The van der Waals surface area contributed by atoms with Gasteiger partial charge in [0.25, 0.3) is 0 Å². The topological polar surface area (TPSA) is 64.9 Å². The number of hydrogen-bond donors (Lipinski definition) is 1. The number of methoxy groups -OCH3 is 1. The monoisotopic (exact) mass is 351 g/mol. The van der Waals surface area contributed by atoms with E-state index in [2.05, 4.69) is 20.3 Å². The van der Waals surface area contributed by atoms with Crippen molar-refractivity contribution in [2.75, 3.05) is 12.4 Å². The standard InChI is InChI=1S/C15H12ClF2N5O/c1-24-10-5-7(4-9(17)11(10)18)20-13-12-14(22-15(16)21-13)23(6-19-12)8-2-3-8/h4-6,8H,2-3H2,1H3,(H,20,21,22). The largest absolute Gasteiger partial charge is 0.493 e. The molecule has 1 N–H and O–H groups in total. The molecule has 0 atom stereocenters. The number of rotatable bonds is 4. The number of anilines is 2. The molecule has 6 nitrogen and oxygen atoms in total. The molecule has 9 heteroatoms. The highest BCUT2D eigenvalue weighted by Crippen LogP contribution is 2.38. The smallest absolute Gasteiger partial charge is 0.226 e. The molecule has 0 aliphatic heterocycles. The van der Waals surface area contributed by atoms with Crippen LogP contribution in [0.5, 0.6) is 5.75 Å². The molecule has 0 spiro atoms. The van der Waals surface area contributed by atoms with Gasteiger partial charge in [-0.15, -0.1) is 0 Å². The van der Waals surface area contributed by atoms with Crippen LogP contribution in [-0.4, -0.2) is 26.6 Å². The van der Waals surface area contributed by atoms with E-state index in [1.54, 1.807) is 6.33 Å². The van der Waals surface area contributed by atoms with Gasteiger partial charge in [0.2, 0.25) is 11.1 Å². The molecule has 2 heterocycles. The van der Waals surface area contributed by atoms with E-state index in [1.165, 1.54) is 13.2 Å². The van der Waals surface area contributed by atoms with Gasteiger partial charge in [0, 0.05) is 23.9 Å². The molecule has 2 aromatic heterocycles. The van der Waals surface area contributed by atoms with Gasteiger partial charge in [-0.2, -0.15) is 14.4 Å². The second-order valence-corrected chi connectivity index (χ2v) is 5.83. The minimum atomic E-state index is -1.05. The van der Waals surface area contributed by atoms with E-state index in [0.29, 0.717) is 23.0 Å². The van der Waals surface area contributed by atoms with Crippen molar-refractivity contribution in [3.8, 4) is 5.75 Å². The van der Waals surface area contributed by atoms with E-state index in [9.17, 15) is 8.78 Å². The van der Waals surface area contributed by atoms with Gasteiger partial charge in [-0.3, -0.25) is 0 Å². The molecule has 124 valence electrons. The van der Waals surface area contributed by atoms with Crippen LogP contribution in [0.25, 0.3) is 11.2 Å².